The van der Waals surface area contributed by atoms with Gasteiger partial charge in [0.1, 0.15) is 0 Å². The minimum atomic E-state index is -2.10. The fourth-order valence-electron chi connectivity index (χ4n) is 1.12. The van der Waals surface area contributed by atoms with E-state index in [9.17, 15) is 14.4 Å². The van der Waals surface area contributed by atoms with Crippen LogP contribution in [0.5, 0.6) is 0 Å². The number of quaternary nitrogens is 1. The zero-order valence-electron chi connectivity index (χ0n) is 13.6. The molecule has 0 aliphatic rings. The third-order valence-electron chi connectivity index (χ3n) is 2.42. The Hall–Kier alpha value is -1.57. The Morgan fingerprint density at radius 1 is 0.762 bits per heavy atom. The molecule has 0 aromatic heterocycles. The summed E-state index contributed by atoms with van der Waals surface area (Å²) in [5, 5.41) is 0. The van der Waals surface area contributed by atoms with E-state index in [2.05, 4.69) is 0 Å². The van der Waals surface area contributed by atoms with E-state index in [1.54, 1.807) is 41.9 Å². The lowest BCUT2D eigenvalue weighted by Crippen LogP contribution is -2.64. The number of ether oxygens (including phenoxy) is 3. The quantitative estimate of drug-likeness (QED) is 0.299. The van der Waals surface area contributed by atoms with Gasteiger partial charge < -0.3 is 22.6 Å². The largest absolute Gasteiger partial charge is 1.00 e. The number of carbonyl (C=O) groups is 3. The molecule has 0 atom stereocenters. The van der Waals surface area contributed by atoms with E-state index in [0.717, 1.165) is 0 Å². The van der Waals surface area contributed by atoms with Gasteiger partial charge in [-0.3, -0.25) is 14.4 Å². The summed E-state index contributed by atoms with van der Waals surface area (Å²) in [4.78, 5) is 34.8. The van der Waals surface area contributed by atoms with Crippen LogP contribution in [0.1, 0.15) is 40.0 Å². The molecule has 0 amide bonds. The van der Waals surface area contributed by atoms with Crippen molar-refractivity contribution in [1.82, 2.24) is 0 Å². The predicted octanol–water partition coefficient (Wildman–Crippen LogP) is 0.783. The topological polar surface area (TPSA) is 78.9 Å². The minimum Gasteiger partial charge on any atom is -1.00 e. The van der Waals surface area contributed by atoms with E-state index >= 15 is 0 Å². The lowest BCUT2D eigenvalue weighted by atomic mass is 10.4. The fraction of sp³-hybridized carbons (Fsp3) is 0.769. The molecule has 0 N–H and O–H groups in total. The molecule has 120 valence electrons. The van der Waals surface area contributed by atoms with Gasteiger partial charge in [0.15, 0.2) is 0 Å². The normalized spacial score (nSPS) is 11.1. The summed E-state index contributed by atoms with van der Waals surface area (Å²) in [6.07, 6.45) is -1.91. The maximum Gasteiger partial charge on any atom is 0.597 e. The predicted molar refractivity (Wildman–Crippen MR) is 75.7 cm³/mol. The monoisotopic (exact) mass is 301 g/mol. The molecule has 0 heterocycles. The second-order valence-corrected chi connectivity index (χ2v) is 5.02. The van der Waals surface area contributed by atoms with Crippen LogP contribution < -0.4 is 0 Å². The van der Waals surface area contributed by atoms with Crippen molar-refractivity contribution >= 4 is 26.3 Å². The van der Waals surface area contributed by atoms with E-state index in [-0.39, 0.29) is 32.2 Å². The molecule has 0 fully saturated rings. The van der Waals surface area contributed by atoms with Crippen molar-refractivity contribution in [2.45, 2.75) is 46.1 Å². The van der Waals surface area contributed by atoms with E-state index in [4.69, 9.17) is 14.2 Å². The Labute approximate surface area is 127 Å². The van der Waals surface area contributed by atoms with Crippen molar-refractivity contribution in [2.75, 3.05) is 21.1 Å². The lowest BCUT2D eigenvalue weighted by molar-refractivity contribution is -1.00. The van der Waals surface area contributed by atoms with Gasteiger partial charge in [-0.15, -0.1) is 0 Å². The average Bonchev–Trinajstić information content (AvgIpc) is 2.36. The molecule has 0 aliphatic carbocycles. The Balaban J connectivity index is 0. The highest BCUT2D eigenvalue weighted by Crippen LogP contribution is 2.26. The van der Waals surface area contributed by atoms with Crippen LogP contribution in [0.3, 0.4) is 0 Å². The molecule has 4 radical (unpaired) electrons. The van der Waals surface area contributed by atoms with Gasteiger partial charge in [-0.05, 0) is 0 Å². The summed E-state index contributed by atoms with van der Waals surface area (Å²) < 4.78 is 15.2. The molecule has 0 unspecified atom stereocenters. The maximum absolute atomic E-state index is 11.6. The molecule has 0 rings (SSSR count). The number of esters is 3. The SMILES string of the molecule is CCC(=O)OC(OC(=O)CC)(OC(=O)CC)[N+](C)(C)C.[B-]. The van der Waals surface area contributed by atoms with Crippen LogP contribution in [0.25, 0.3) is 0 Å². The molecule has 7 nitrogen and oxygen atoms in total. The maximum atomic E-state index is 11.6. The smallest absolute Gasteiger partial charge is 0.597 e. The van der Waals surface area contributed by atoms with Gasteiger partial charge in [-0.1, -0.05) is 20.8 Å². The van der Waals surface area contributed by atoms with Gasteiger partial charge in [-0.25, -0.2) is 4.48 Å². The van der Waals surface area contributed by atoms with Crippen LogP contribution in [0, 0.1) is 0 Å². The van der Waals surface area contributed by atoms with Crippen LogP contribution in [-0.4, -0.2) is 58.0 Å². The molecule has 0 saturated carbocycles. The minimum absolute atomic E-state index is 0. The third-order valence-corrected chi connectivity index (χ3v) is 2.42. The first-order valence-electron chi connectivity index (χ1n) is 6.58. The van der Waals surface area contributed by atoms with E-state index in [0.29, 0.717) is 0 Å². The van der Waals surface area contributed by atoms with Gasteiger partial charge >= 0.3 is 24.0 Å². The second-order valence-electron chi connectivity index (χ2n) is 5.02. The standard InChI is InChI=1S/C13H24NO6.B/c1-7-10(15)18-13(14(4,5)6,19-11(16)8-2)20-12(17)9-3;/h7-9H2,1-6H3;/q+1;-1. The molecule has 0 saturated heterocycles. The van der Waals surface area contributed by atoms with Crippen LogP contribution in [0.2, 0.25) is 0 Å². The van der Waals surface area contributed by atoms with Crippen molar-refractivity contribution < 1.29 is 33.1 Å². The molecule has 0 aliphatic heterocycles. The Kier molecular flexibility index (Phi) is 8.96. The zero-order valence-corrected chi connectivity index (χ0v) is 13.6. The van der Waals surface area contributed by atoms with Gasteiger partial charge in [0.05, 0.1) is 21.1 Å². The average molecular weight is 301 g/mol. The molecule has 0 aromatic rings. The highest BCUT2D eigenvalue weighted by atomic mass is 16.9. The number of hydrogen-bond donors (Lipinski definition) is 0. The number of nitrogens with zero attached hydrogens (tertiary/aromatic N) is 1. The van der Waals surface area contributed by atoms with Crippen molar-refractivity contribution in [1.29, 1.82) is 0 Å². The number of rotatable bonds is 7. The third kappa shape index (κ3) is 6.16. The van der Waals surface area contributed by atoms with Crippen molar-refractivity contribution in [3.05, 3.63) is 0 Å². The molecule has 0 spiro atoms. The molecule has 21 heavy (non-hydrogen) atoms. The van der Waals surface area contributed by atoms with Crippen LogP contribution in [0.15, 0.2) is 0 Å². The summed E-state index contributed by atoms with van der Waals surface area (Å²) in [6, 6.07) is 0. The second kappa shape index (κ2) is 8.66. The summed E-state index contributed by atoms with van der Waals surface area (Å²) in [5.41, 5.74) is 0. The van der Waals surface area contributed by atoms with E-state index < -0.39 is 24.0 Å². The highest BCUT2D eigenvalue weighted by molar-refractivity contribution is 5.75. The first kappa shape index (κ1) is 21.7. The summed E-state index contributed by atoms with van der Waals surface area (Å²) in [6.45, 7) is 4.77. The van der Waals surface area contributed by atoms with Crippen LogP contribution in [-0.2, 0) is 28.6 Å². The summed E-state index contributed by atoms with van der Waals surface area (Å²) in [7, 11) is 4.78. The number of carbonyl (C=O) groups excluding carboxylic acids is 3. The van der Waals surface area contributed by atoms with Crippen molar-refractivity contribution in [3.63, 3.8) is 0 Å². The van der Waals surface area contributed by atoms with Crippen LogP contribution >= 0.6 is 0 Å². The Bertz CT molecular complexity index is 332. The first-order valence-corrected chi connectivity index (χ1v) is 6.58. The molecule has 0 aromatic carbocycles. The van der Waals surface area contributed by atoms with Gasteiger partial charge in [0, 0.05) is 19.3 Å². The van der Waals surface area contributed by atoms with Crippen molar-refractivity contribution in [2.24, 2.45) is 0 Å². The van der Waals surface area contributed by atoms with E-state index in [1.165, 1.54) is 0 Å². The van der Waals surface area contributed by atoms with Crippen molar-refractivity contribution in [3.8, 4) is 0 Å². The zero-order chi connectivity index (χ0) is 16.0. The Morgan fingerprint density at radius 2 is 1.00 bits per heavy atom. The molecule has 0 bridgehead atoms. The number of hydrogen-bond acceptors (Lipinski definition) is 6. The fourth-order valence-corrected chi connectivity index (χ4v) is 1.12. The molecular formula is C13H24BNO6. The molecular weight excluding hydrogens is 277 g/mol. The van der Waals surface area contributed by atoms with Gasteiger partial charge in [-0.2, -0.15) is 0 Å². The van der Waals surface area contributed by atoms with Gasteiger partial charge in [0.2, 0.25) is 0 Å². The Morgan fingerprint density at radius 3 is 1.14 bits per heavy atom. The lowest BCUT2D eigenvalue weighted by Gasteiger charge is -2.39. The first-order chi connectivity index (χ1) is 9.11. The van der Waals surface area contributed by atoms with Crippen LogP contribution in [0.4, 0.5) is 0 Å². The molecule has 8 heteroatoms. The summed E-state index contributed by atoms with van der Waals surface area (Å²) >= 11 is 0. The van der Waals surface area contributed by atoms with E-state index in [1.807, 2.05) is 0 Å². The highest BCUT2D eigenvalue weighted by Gasteiger charge is 2.57. The van der Waals surface area contributed by atoms with Gasteiger partial charge in [0.25, 0.3) is 0 Å². The summed E-state index contributed by atoms with van der Waals surface area (Å²) in [5.74, 6) is -1.90.